The number of aromatic nitrogens is 2. The number of halogens is 1. The van der Waals surface area contributed by atoms with Crippen LogP contribution in [-0.2, 0) is 7.05 Å². The van der Waals surface area contributed by atoms with Crippen LogP contribution >= 0.6 is 0 Å². The van der Waals surface area contributed by atoms with Gasteiger partial charge in [-0.2, -0.15) is 0 Å². The number of hydrogen-bond donors (Lipinski definition) is 1. The third-order valence-electron chi connectivity index (χ3n) is 5.23. The van der Waals surface area contributed by atoms with Gasteiger partial charge in [-0.1, -0.05) is 0 Å². The number of amides is 1. The summed E-state index contributed by atoms with van der Waals surface area (Å²) in [7, 11) is 3.42. The Labute approximate surface area is 162 Å². The maximum atomic E-state index is 13.7. The van der Waals surface area contributed by atoms with Gasteiger partial charge >= 0.3 is 0 Å². The number of aryl methyl sites for hydroxylation is 1. The molecule has 6 nitrogen and oxygen atoms in total. The molecule has 1 aliphatic heterocycles. The molecule has 1 aromatic carbocycles. The van der Waals surface area contributed by atoms with Gasteiger partial charge in [-0.3, -0.25) is 9.78 Å². The van der Waals surface area contributed by atoms with Crippen LogP contribution in [0.15, 0.2) is 36.7 Å². The maximum absolute atomic E-state index is 13.7. The molecule has 0 radical (unpaired) electrons. The summed E-state index contributed by atoms with van der Waals surface area (Å²) < 4.78 is 20.9. The first-order chi connectivity index (χ1) is 13.6. The molecule has 7 heteroatoms. The largest absolute Gasteiger partial charge is 0.495 e. The molecule has 1 saturated heterocycles. The number of carbonyl (C=O) groups is 1. The lowest BCUT2D eigenvalue weighted by molar-refractivity contribution is 0.0725. The van der Waals surface area contributed by atoms with Gasteiger partial charge in [0.2, 0.25) is 0 Å². The van der Waals surface area contributed by atoms with Crippen LogP contribution in [0.4, 0.5) is 15.9 Å². The molecule has 0 spiro atoms. The van der Waals surface area contributed by atoms with Crippen LogP contribution < -0.4 is 10.1 Å². The van der Waals surface area contributed by atoms with Crippen LogP contribution in [0.3, 0.4) is 0 Å². The molecular weight excluding hydrogens is 359 g/mol. The highest BCUT2D eigenvalue weighted by molar-refractivity contribution is 6.06. The number of benzene rings is 1. The summed E-state index contributed by atoms with van der Waals surface area (Å²) in [4.78, 5) is 19.2. The number of ether oxygens (including phenoxy) is 1. The fraction of sp³-hybridized carbons (Fsp3) is 0.333. The number of fused-ring (bicyclic) bond motifs is 1. The Morgan fingerprint density at radius 1 is 1.18 bits per heavy atom. The van der Waals surface area contributed by atoms with E-state index in [1.807, 2.05) is 22.6 Å². The van der Waals surface area contributed by atoms with E-state index in [0.29, 0.717) is 17.0 Å². The lowest BCUT2D eigenvalue weighted by Crippen LogP contribution is -2.35. The van der Waals surface area contributed by atoms with Gasteiger partial charge in [0, 0.05) is 44.0 Å². The van der Waals surface area contributed by atoms with Crippen molar-refractivity contribution < 1.29 is 13.9 Å². The highest BCUT2D eigenvalue weighted by atomic mass is 19.1. The number of nitrogens with one attached hydrogen (secondary N) is 1. The summed E-state index contributed by atoms with van der Waals surface area (Å²) in [5.41, 5.74) is 1.91. The molecule has 0 aliphatic carbocycles. The zero-order chi connectivity index (χ0) is 19.7. The Morgan fingerprint density at radius 2 is 1.96 bits per heavy atom. The molecule has 146 valence electrons. The third kappa shape index (κ3) is 3.28. The smallest absolute Gasteiger partial charge is 0.257 e. The van der Waals surface area contributed by atoms with Crippen molar-refractivity contribution in [3.63, 3.8) is 0 Å². The number of anilines is 2. The molecule has 1 N–H and O–H groups in total. The van der Waals surface area contributed by atoms with Gasteiger partial charge < -0.3 is 19.5 Å². The SMILES string of the molecule is COc1ccc(F)cc1Nc1cc2cncc(C(=O)N3CCCCC3)c2n1C. The van der Waals surface area contributed by atoms with Gasteiger partial charge in [-0.15, -0.1) is 0 Å². The second-order valence-electron chi connectivity index (χ2n) is 7.04. The Balaban J connectivity index is 1.73. The highest BCUT2D eigenvalue weighted by Gasteiger charge is 2.22. The van der Waals surface area contributed by atoms with Crippen LogP contribution in [0, 0.1) is 5.82 Å². The summed E-state index contributed by atoms with van der Waals surface area (Å²) in [6.07, 6.45) is 6.60. The van der Waals surface area contributed by atoms with Crippen molar-refractivity contribution in [3.8, 4) is 5.75 Å². The Bertz CT molecular complexity index is 1020. The number of hydrogen-bond acceptors (Lipinski definition) is 4. The molecule has 1 aliphatic rings. The molecule has 1 amide bonds. The number of methoxy groups -OCH3 is 1. The summed E-state index contributed by atoms with van der Waals surface area (Å²) in [6, 6.07) is 6.21. The normalized spacial score (nSPS) is 14.3. The van der Waals surface area contributed by atoms with E-state index >= 15 is 0 Å². The second kappa shape index (κ2) is 7.50. The average molecular weight is 382 g/mol. The quantitative estimate of drug-likeness (QED) is 0.738. The number of rotatable bonds is 4. The Morgan fingerprint density at radius 3 is 2.71 bits per heavy atom. The van der Waals surface area contributed by atoms with Crippen LogP contribution in [0.5, 0.6) is 5.75 Å². The van der Waals surface area contributed by atoms with Crippen molar-refractivity contribution in [3.05, 3.63) is 48.0 Å². The minimum Gasteiger partial charge on any atom is -0.495 e. The maximum Gasteiger partial charge on any atom is 0.257 e. The zero-order valence-corrected chi connectivity index (χ0v) is 16.0. The van der Waals surface area contributed by atoms with Crippen molar-refractivity contribution in [1.82, 2.24) is 14.5 Å². The highest BCUT2D eigenvalue weighted by Crippen LogP contribution is 2.32. The first-order valence-corrected chi connectivity index (χ1v) is 9.42. The van der Waals surface area contributed by atoms with Crippen LogP contribution in [0.2, 0.25) is 0 Å². The monoisotopic (exact) mass is 382 g/mol. The molecule has 0 bridgehead atoms. The van der Waals surface area contributed by atoms with Crippen molar-refractivity contribution in [2.24, 2.45) is 7.05 Å². The molecule has 0 atom stereocenters. The van der Waals surface area contributed by atoms with Crippen LogP contribution in [0.25, 0.3) is 10.9 Å². The minimum absolute atomic E-state index is 0.00823. The molecule has 0 unspecified atom stereocenters. The van der Waals surface area contributed by atoms with Crippen LogP contribution in [-0.4, -0.2) is 40.6 Å². The van der Waals surface area contributed by atoms with E-state index in [-0.39, 0.29) is 11.7 Å². The summed E-state index contributed by atoms with van der Waals surface area (Å²) >= 11 is 0. The van der Waals surface area contributed by atoms with Crippen LogP contribution in [0.1, 0.15) is 29.6 Å². The number of piperidine rings is 1. The number of carbonyl (C=O) groups excluding carboxylic acids is 1. The molecule has 0 saturated carbocycles. The Hall–Kier alpha value is -3.09. The minimum atomic E-state index is -0.357. The number of nitrogens with zero attached hydrogens (tertiary/aromatic N) is 3. The standard InChI is InChI=1S/C21H23FN4O2/c1-25-19(24-17-11-15(22)6-7-18(17)28-2)10-14-12-23-13-16(20(14)25)21(27)26-8-4-3-5-9-26/h6-7,10-13,24H,3-5,8-9H2,1-2H3. The molecule has 3 aromatic rings. The molecule has 2 aromatic heterocycles. The first-order valence-electron chi connectivity index (χ1n) is 9.42. The van der Waals surface area contributed by atoms with Gasteiger partial charge in [-0.25, -0.2) is 4.39 Å². The molecule has 28 heavy (non-hydrogen) atoms. The second-order valence-corrected chi connectivity index (χ2v) is 7.04. The van der Waals surface area contributed by atoms with E-state index in [1.54, 1.807) is 25.6 Å². The van der Waals surface area contributed by atoms with Crippen molar-refractivity contribution in [2.45, 2.75) is 19.3 Å². The number of likely N-dealkylation sites (tertiary alicyclic amines) is 1. The van der Waals surface area contributed by atoms with E-state index in [1.165, 1.54) is 18.6 Å². The predicted molar refractivity (Wildman–Crippen MR) is 107 cm³/mol. The molecule has 1 fully saturated rings. The zero-order valence-electron chi connectivity index (χ0n) is 16.0. The van der Waals surface area contributed by atoms with E-state index in [4.69, 9.17) is 4.74 Å². The third-order valence-corrected chi connectivity index (χ3v) is 5.23. The first kappa shape index (κ1) is 18.3. The lowest BCUT2D eigenvalue weighted by Gasteiger charge is -2.27. The van der Waals surface area contributed by atoms with Gasteiger partial charge in [0.25, 0.3) is 5.91 Å². The summed E-state index contributed by atoms with van der Waals surface area (Å²) in [6.45, 7) is 1.57. The molecule has 3 heterocycles. The molecule has 4 rings (SSSR count). The van der Waals surface area contributed by atoms with E-state index < -0.39 is 0 Å². The van der Waals surface area contributed by atoms with Crippen molar-refractivity contribution in [2.75, 3.05) is 25.5 Å². The summed E-state index contributed by atoms with van der Waals surface area (Å²) in [5, 5.41) is 4.06. The van der Waals surface area contributed by atoms with Gasteiger partial charge in [0.15, 0.2) is 0 Å². The van der Waals surface area contributed by atoms with Gasteiger partial charge in [0.1, 0.15) is 17.4 Å². The molecular formula is C21H23FN4O2. The van der Waals surface area contributed by atoms with E-state index in [0.717, 1.165) is 42.7 Å². The topological polar surface area (TPSA) is 59.4 Å². The van der Waals surface area contributed by atoms with Gasteiger partial charge in [-0.05, 0) is 37.5 Å². The Kier molecular flexibility index (Phi) is 4.90. The number of pyridine rings is 1. The lowest BCUT2D eigenvalue weighted by atomic mass is 10.1. The fourth-order valence-electron chi connectivity index (χ4n) is 3.77. The van der Waals surface area contributed by atoms with Crippen molar-refractivity contribution >= 4 is 28.3 Å². The average Bonchev–Trinajstić information content (AvgIpc) is 3.04. The van der Waals surface area contributed by atoms with Gasteiger partial charge in [0.05, 0.1) is 23.9 Å². The summed E-state index contributed by atoms with van der Waals surface area (Å²) in [5.74, 6) is 0.910. The van der Waals surface area contributed by atoms with E-state index in [9.17, 15) is 9.18 Å². The fourth-order valence-corrected chi connectivity index (χ4v) is 3.77. The van der Waals surface area contributed by atoms with Crippen molar-refractivity contribution in [1.29, 1.82) is 0 Å². The van der Waals surface area contributed by atoms with E-state index in [2.05, 4.69) is 10.3 Å². The predicted octanol–water partition coefficient (Wildman–Crippen LogP) is 4.09.